The fourth-order valence-electron chi connectivity index (χ4n) is 5.55. The Morgan fingerprint density at radius 1 is 1.15 bits per heavy atom. The van der Waals surface area contributed by atoms with Crippen molar-refractivity contribution in [3.05, 3.63) is 86.8 Å². The number of fused-ring (bicyclic) bond motifs is 1. The van der Waals surface area contributed by atoms with Crippen molar-refractivity contribution in [2.45, 2.75) is 52.0 Å². The molecule has 0 bridgehead atoms. The molecule has 200 valence electrons. The highest BCUT2D eigenvalue weighted by Crippen LogP contribution is 2.31. The topological polar surface area (TPSA) is 103 Å². The molecule has 39 heavy (non-hydrogen) atoms. The number of rotatable bonds is 7. The molecule has 0 spiro atoms. The van der Waals surface area contributed by atoms with E-state index in [9.17, 15) is 9.59 Å². The second-order valence-corrected chi connectivity index (χ2v) is 10.0. The van der Waals surface area contributed by atoms with Crippen LogP contribution in [0.15, 0.2) is 52.4 Å². The minimum atomic E-state index is -0.487. The number of hydrogen-bond acceptors (Lipinski definition) is 6. The first-order valence-corrected chi connectivity index (χ1v) is 13.3. The number of halogens is 1. The van der Waals surface area contributed by atoms with E-state index in [0.29, 0.717) is 60.1 Å². The van der Waals surface area contributed by atoms with Gasteiger partial charge < -0.3 is 4.74 Å². The van der Waals surface area contributed by atoms with Crippen LogP contribution in [0.25, 0.3) is 16.9 Å². The predicted molar refractivity (Wildman–Crippen MR) is 144 cm³/mol. The lowest BCUT2D eigenvalue weighted by Gasteiger charge is -2.19. The monoisotopic (exact) mass is 528 g/mol. The highest BCUT2D eigenvalue weighted by molar-refractivity contribution is 6.16. The smallest absolute Gasteiger partial charge is 0.259 e. The van der Waals surface area contributed by atoms with Gasteiger partial charge in [0.15, 0.2) is 0 Å². The van der Waals surface area contributed by atoms with Gasteiger partial charge in [0.25, 0.3) is 5.56 Å². The summed E-state index contributed by atoms with van der Waals surface area (Å²) in [7, 11) is 0. The Kier molecular flexibility index (Phi) is 6.56. The number of carbonyl (C=O) groups excluding carboxylic acids is 1. The summed E-state index contributed by atoms with van der Waals surface area (Å²) in [4.78, 5) is 30.7. The molecule has 0 saturated carbocycles. The number of hydrazone groups is 1. The van der Waals surface area contributed by atoms with Gasteiger partial charge in [-0.25, -0.2) is 14.3 Å². The molecule has 2 aliphatic rings. The number of benzene rings is 2. The number of nitrogens with one attached hydrogen (secondary N) is 1. The third-order valence-corrected chi connectivity index (χ3v) is 7.36. The zero-order chi connectivity index (χ0) is 27.1. The molecule has 1 atom stereocenters. The quantitative estimate of drug-likeness (QED) is 0.394. The van der Waals surface area contributed by atoms with Gasteiger partial charge in [-0.3, -0.25) is 14.2 Å². The molecule has 1 fully saturated rings. The molecule has 0 radical (unpaired) electrons. The molecule has 1 saturated heterocycles. The van der Waals surface area contributed by atoms with Crippen molar-refractivity contribution in [1.82, 2.24) is 24.6 Å². The van der Waals surface area contributed by atoms with Crippen LogP contribution in [0, 0.1) is 12.7 Å². The molecule has 6 rings (SSSR count). The summed E-state index contributed by atoms with van der Waals surface area (Å²) in [6.45, 7) is 4.81. The average Bonchev–Trinajstić information content (AvgIpc) is 3.69. The van der Waals surface area contributed by atoms with Gasteiger partial charge in [-0.1, -0.05) is 55.8 Å². The normalized spacial score (nSPS) is 17.2. The summed E-state index contributed by atoms with van der Waals surface area (Å²) in [6, 6.07) is 12.8. The summed E-state index contributed by atoms with van der Waals surface area (Å²) < 4.78 is 25.5. The minimum Gasteiger partial charge on any atom is -0.379 e. The fraction of sp³-hybridized carbons (Fsp3) is 0.345. The Morgan fingerprint density at radius 3 is 2.67 bits per heavy atom. The number of carbonyl (C=O) groups is 1. The van der Waals surface area contributed by atoms with Crippen LogP contribution in [0.2, 0.25) is 0 Å². The molecule has 1 unspecified atom stereocenters. The second kappa shape index (κ2) is 10.2. The van der Waals surface area contributed by atoms with E-state index in [2.05, 4.69) is 20.6 Å². The maximum atomic E-state index is 16.5. The highest BCUT2D eigenvalue weighted by atomic mass is 19.1. The number of aromatic nitrogens is 4. The molecule has 10 heteroatoms. The molecule has 9 nitrogen and oxygen atoms in total. The van der Waals surface area contributed by atoms with E-state index in [0.717, 1.165) is 17.7 Å². The molecule has 2 aliphatic heterocycles. The van der Waals surface area contributed by atoms with E-state index < -0.39 is 5.82 Å². The van der Waals surface area contributed by atoms with Crippen LogP contribution < -0.4 is 11.0 Å². The van der Waals surface area contributed by atoms with E-state index in [-0.39, 0.29) is 35.9 Å². The van der Waals surface area contributed by atoms with E-state index in [1.807, 2.05) is 43.3 Å². The number of nitrogens with zero attached hydrogens (tertiary/aromatic N) is 5. The number of hydrogen-bond donors (Lipinski definition) is 1. The van der Waals surface area contributed by atoms with Crippen molar-refractivity contribution in [2.75, 3.05) is 13.2 Å². The van der Waals surface area contributed by atoms with Crippen molar-refractivity contribution in [3.63, 3.8) is 0 Å². The van der Waals surface area contributed by atoms with Gasteiger partial charge in [0.2, 0.25) is 11.7 Å². The molecular weight excluding hydrogens is 499 g/mol. The van der Waals surface area contributed by atoms with Gasteiger partial charge in [0.1, 0.15) is 11.6 Å². The highest BCUT2D eigenvalue weighted by Gasteiger charge is 2.29. The Balaban J connectivity index is 1.54. The van der Waals surface area contributed by atoms with E-state index in [1.54, 1.807) is 22.1 Å². The summed E-state index contributed by atoms with van der Waals surface area (Å²) >= 11 is 0. The van der Waals surface area contributed by atoms with Crippen molar-refractivity contribution in [1.29, 1.82) is 0 Å². The van der Waals surface area contributed by atoms with E-state index >= 15 is 4.39 Å². The van der Waals surface area contributed by atoms with Gasteiger partial charge >= 0.3 is 0 Å². The van der Waals surface area contributed by atoms with Gasteiger partial charge in [-0.15, -0.1) is 0 Å². The lowest BCUT2D eigenvalue weighted by Crippen LogP contribution is -2.32. The third kappa shape index (κ3) is 4.44. The number of aryl methyl sites for hydroxylation is 2. The molecule has 4 aromatic rings. The van der Waals surface area contributed by atoms with Gasteiger partial charge in [-0.05, 0) is 36.5 Å². The van der Waals surface area contributed by atoms with Gasteiger partial charge in [0, 0.05) is 24.2 Å². The van der Waals surface area contributed by atoms with Crippen LogP contribution in [0.4, 0.5) is 4.39 Å². The first-order valence-electron chi connectivity index (χ1n) is 13.3. The second-order valence-electron chi connectivity index (χ2n) is 10.0. The third-order valence-electron chi connectivity index (χ3n) is 7.36. The molecule has 2 aromatic heterocycles. The van der Waals surface area contributed by atoms with Crippen molar-refractivity contribution >= 4 is 17.4 Å². The van der Waals surface area contributed by atoms with Crippen LogP contribution in [0.5, 0.6) is 0 Å². The Bertz CT molecular complexity index is 1670. The summed E-state index contributed by atoms with van der Waals surface area (Å²) in [5.41, 5.74) is 5.89. The number of ether oxygens (including phenoxy) is 1. The lowest BCUT2D eigenvalue weighted by molar-refractivity contribution is -0.119. The standard InChI is InChI=1S/C29H29FN6O3/c1-3-7-24-22(28(38)35(20-12-13-39-16-20)29-31-17(2)34-36(24)29)14-19-10-11-21(18-8-5-4-6-9-18)26(27(19)30)23-15-25(37)33-32-23/h4-6,8-11,20H,3,7,12-16H2,1-2H3,(H,33,37). The summed E-state index contributed by atoms with van der Waals surface area (Å²) in [5.74, 6) is 0.283. The first-order chi connectivity index (χ1) is 19.0. The summed E-state index contributed by atoms with van der Waals surface area (Å²) in [5, 5.41) is 8.75. The largest absolute Gasteiger partial charge is 0.379 e. The van der Waals surface area contributed by atoms with Crippen LogP contribution >= 0.6 is 0 Å². The molecule has 2 aromatic carbocycles. The molecule has 1 amide bonds. The van der Waals surface area contributed by atoms with Gasteiger partial charge in [-0.2, -0.15) is 15.2 Å². The van der Waals surface area contributed by atoms with Crippen molar-refractivity contribution < 1.29 is 13.9 Å². The van der Waals surface area contributed by atoms with Crippen molar-refractivity contribution in [2.24, 2.45) is 5.10 Å². The zero-order valence-corrected chi connectivity index (χ0v) is 21.9. The van der Waals surface area contributed by atoms with Crippen molar-refractivity contribution in [3.8, 4) is 11.1 Å². The fourth-order valence-corrected chi connectivity index (χ4v) is 5.55. The van der Waals surface area contributed by atoms with E-state index in [4.69, 9.17) is 4.74 Å². The minimum absolute atomic E-state index is 0.0139. The summed E-state index contributed by atoms with van der Waals surface area (Å²) in [6.07, 6.45) is 2.12. The SMILES string of the molecule is CCCc1c(Cc2ccc(-c3ccccc3)c(C3=NNC(=O)C3)c2F)c(=O)n(C2CCOC2)c2nc(C)nn12. The zero-order valence-electron chi connectivity index (χ0n) is 21.9. The first kappa shape index (κ1) is 25.1. The number of amides is 1. The Morgan fingerprint density at radius 2 is 1.97 bits per heavy atom. The van der Waals surface area contributed by atoms with Gasteiger partial charge in [0.05, 0.1) is 30.5 Å². The lowest BCUT2D eigenvalue weighted by atomic mass is 9.90. The maximum Gasteiger partial charge on any atom is 0.259 e. The molecule has 1 N–H and O–H groups in total. The Hall–Kier alpha value is -4.18. The molecule has 4 heterocycles. The molecular formula is C29H29FN6O3. The van der Waals surface area contributed by atoms with E-state index in [1.165, 1.54) is 0 Å². The molecule has 0 aliphatic carbocycles. The Labute approximate surface area is 224 Å². The predicted octanol–water partition coefficient (Wildman–Crippen LogP) is 3.73. The maximum absolute atomic E-state index is 16.5. The van der Waals surface area contributed by atoms with Crippen LogP contribution in [-0.2, 0) is 22.4 Å². The van der Waals surface area contributed by atoms with Crippen LogP contribution in [-0.4, -0.2) is 44.0 Å². The van der Waals surface area contributed by atoms with Crippen LogP contribution in [0.1, 0.15) is 60.4 Å². The van der Waals surface area contributed by atoms with Crippen LogP contribution in [0.3, 0.4) is 0 Å². The average molecular weight is 529 g/mol.